The maximum Gasteiger partial charge on any atom is 0.417 e. The van der Waals surface area contributed by atoms with Crippen molar-refractivity contribution >= 4 is 27.0 Å². The number of nitrogens with zero attached hydrogens (tertiary/aromatic N) is 1. The van der Waals surface area contributed by atoms with E-state index in [9.17, 15) is 18.0 Å². The Morgan fingerprint density at radius 2 is 2.00 bits per heavy atom. The quantitative estimate of drug-likeness (QED) is 0.452. The van der Waals surface area contributed by atoms with Crippen LogP contribution in [0.15, 0.2) is 50.5 Å². The maximum atomic E-state index is 13.0. The number of aromatic nitrogens is 1. The molecule has 1 aromatic heterocycles. The van der Waals surface area contributed by atoms with Crippen LogP contribution in [0.5, 0.6) is 0 Å². The summed E-state index contributed by atoms with van der Waals surface area (Å²) < 4.78 is 32.2. The molecule has 1 aliphatic heterocycles. The predicted molar refractivity (Wildman–Crippen MR) is 93.8 cm³/mol. The van der Waals surface area contributed by atoms with E-state index in [1.807, 2.05) is 0 Å². The molecule has 0 saturated carbocycles. The van der Waals surface area contributed by atoms with Gasteiger partial charge in [0.1, 0.15) is 0 Å². The zero-order valence-corrected chi connectivity index (χ0v) is 14.7. The van der Waals surface area contributed by atoms with Crippen molar-refractivity contribution in [3.63, 3.8) is 0 Å². The zero-order chi connectivity index (χ0) is 19.2. The van der Waals surface area contributed by atoms with Gasteiger partial charge in [-0.25, -0.2) is 18.7 Å². The largest absolute Gasteiger partial charge is 0.417 e. The van der Waals surface area contributed by atoms with E-state index in [0.29, 0.717) is 17.5 Å². The number of hydrogen-bond donors (Lipinski definition) is 3. The number of fused-ring (bicyclic) bond motifs is 2. The van der Waals surface area contributed by atoms with Crippen molar-refractivity contribution in [3.05, 3.63) is 63.6 Å². The Labute approximate surface area is 153 Å². The summed E-state index contributed by atoms with van der Waals surface area (Å²) in [6, 6.07) is 9.09. The smallest absolute Gasteiger partial charge is 0.408 e. The van der Waals surface area contributed by atoms with Gasteiger partial charge in [-0.2, -0.15) is 4.31 Å². The lowest BCUT2D eigenvalue weighted by atomic mass is 9.98. The number of rotatable bonds is 3. The van der Waals surface area contributed by atoms with E-state index in [1.165, 1.54) is 28.6 Å². The number of aromatic amines is 1. The number of carbonyl (C=O) groups excluding carboxylic acids is 1. The Bertz CT molecular complexity index is 1210. The van der Waals surface area contributed by atoms with Gasteiger partial charge in [0, 0.05) is 24.7 Å². The van der Waals surface area contributed by atoms with Crippen molar-refractivity contribution < 1.29 is 22.8 Å². The van der Waals surface area contributed by atoms with Crippen LogP contribution in [0.2, 0.25) is 0 Å². The first-order valence-corrected chi connectivity index (χ1v) is 9.52. The number of carbonyl (C=O) groups is 1. The second-order valence-electron chi connectivity index (χ2n) is 6.19. The summed E-state index contributed by atoms with van der Waals surface area (Å²) in [6.07, 6.45) is 0.433. The predicted octanol–water partition coefficient (Wildman–Crippen LogP) is 0.987. The number of benzene rings is 2. The Morgan fingerprint density at radius 3 is 2.78 bits per heavy atom. The third kappa shape index (κ3) is 3.03. The monoisotopic (exact) mass is 389 g/mol. The van der Waals surface area contributed by atoms with Gasteiger partial charge >= 0.3 is 5.76 Å². The lowest BCUT2D eigenvalue weighted by molar-refractivity contribution is 0.0706. The van der Waals surface area contributed by atoms with Crippen molar-refractivity contribution in [2.75, 3.05) is 6.54 Å². The molecule has 2 aromatic carbocycles. The highest BCUT2D eigenvalue weighted by Crippen LogP contribution is 2.27. The maximum absolute atomic E-state index is 13.0. The number of hydroxylamine groups is 1. The standard InChI is InChI=1S/C17H15N3O6S/c21-16(19-23)11-1-2-12-9-20(6-5-10(12)7-11)27(24,25)13-3-4-14-15(8-13)26-17(22)18-14/h1-4,7-8,23H,5-6,9H2,(H,18,22)(H,19,21). The van der Waals surface area contributed by atoms with E-state index in [2.05, 4.69) is 4.98 Å². The lowest BCUT2D eigenvalue weighted by Crippen LogP contribution is -2.36. The van der Waals surface area contributed by atoms with Gasteiger partial charge < -0.3 is 4.42 Å². The molecule has 0 spiro atoms. The van der Waals surface area contributed by atoms with Gasteiger partial charge in [0.15, 0.2) is 5.58 Å². The molecule has 0 bridgehead atoms. The molecule has 0 saturated heterocycles. The SMILES string of the molecule is O=C(NO)c1ccc2c(c1)CCN(S(=O)(=O)c1ccc3[nH]c(=O)oc3c1)C2. The topological polar surface area (TPSA) is 133 Å². The highest BCUT2D eigenvalue weighted by molar-refractivity contribution is 7.89. The first-order chi connectivity index (χ1) is 12.9. The molecule has 0 fully saturated rings. The minimum atomic E-state index is -3.78. The summed E-state index contributed by atoms with van der Waals surface area (Å²) in [5.74, 6) is -1.26. The van der Waals surface area contributed by atoms with Gasteiger partial charge in [0.2, 0.25) is 10.0 Å². The van der Waals surface area contributed by atoms with Gasteiger partial charge in [-0.3, -0.25) is 15.0 Å². The number of amides is 1. The second-order valence-corrected chi connectivity index (χ2v) is 8.12. The third-order valence-electron chi connectivity index (χ3n) is 4.58. The summed E-state index contributed by atoms with van der Waals surface area (Å²) in [5.41, 5.74) is 4.14. The Kier molecular flexibility index (Phi) is 4.10. The molecule has 9 nitrogen and oxygen atoms in total. The first-order valence-electron chi connectivity index (χ1n) is 8.08. The van der Waals surface area contributed by atoms with Crippen LogP contribution in [0.3, 0.4) is 0 Å². The van der Waals surface area contributed by atoms with Gasteiger partial charge in [0.05, 0.1) is 10.4 Å². The summed E-state index contributed by atoms with van der Waals surface area (Å²) in [5, 5.41) is 8.73. The molecule has 3 N–H and O–H groups in total. The fourth-order valence-electron chi connectivity index (χ4n) is 3.17. The molecule has 2 heterocycles. The van der Waals surface area contributed by atoms with E-state index in [4.69, 9.17) is 9.62 Å². The number of sulfonamides is 1. The molecular formula is C17H15N3O6S. The molecule has 1 aliphatic rings. The normalized spacial score (nSPS) is 14.9. The van der Waals surface area contributed by atoms with E-state index in [-0.39, 0.29) is 23.6 Å². The summed E-state index contributed by atoms with van der Waals surface area (Å²) in [4.78, 5) is 25.3. The average Bonchev–Trinajstić information content (AvgIpc) is 3.05. The molecule has 4 rings (SSSR count). The fraction of sp³-hybridized carbons (Fsp3) is 0.176. The van der Waals surface area contributed by atoms with Crippen LogP contribution in [0.25, 0.3) is 11.1 Å². The van der Waals surface area contributed by atoms with Crippen LogP contribution in [-0.2, 0) is 23.0 Å². The lowest BCUT2D eigenvalue weighted by Gasteiger charge is -2.28. The van der Waals surface area contributed by atoms with Crippen LogP contribution in [0.4, 0.5) is 0 Å². The van der Waals surface area contributed by atoms with Crippen molar-refractivity contribution in [2.24, 2.45) is 0 Å². The van der Waals surface area contributed by atoms with Crippen LogP contribution in [-0.4, -0.2) is 35.4 Å². The minimum absolute atomic E-state index is 0.0393. The second kappa shape index (κ2) is 6.34. The van der Waals surface area contributed by atoms with E-state index in [1.54, 1.807) is 17.6 Å². The summed E-state index contributed by atoms with van der Waals surface area (Å²) >= 11 is 0. The van der Waals surface area contributed by atoms with Gasteiger partial charge in [-0.15, -0.1) is 0 Å². The fourth-order valence-corrected chi connectivity index (χ4v) is 4.61. The molecule has 3 aromatic rings. The number of hydrogen-bond acceptors (Lipinski definition) is 6. The number of oxazole rings is 1. The van der Waals surface area contributed by atoms with Crippen molar-refractivity contribution in [2.45, 2.75) is 17.9 Å². The van der Waals surface area contributed by atoms with Crippen molar-refractivity contribution in [1.29, 1.82) is 0 Å². The third-order valence-corrected chi connectivity index (χ3v) is 6.42. The average molecular weight is 389 g/mol. The molecule has 1 amide bonds. The highest BCUT2D eigenvalue weighted by atomic mass is 32.2. The molecule has 0 atom stereocenters. The summed E-state index contributed by atoms with van der Waals surface area (Å²) in [7, 11) is -3.78. The van der Waals surface area contributed by atoms with E-state index >= 15 is 0 Å². The Hall–Kier alpha value is -2.95. The molecule has 10 heteroatoms. The van der Waals surface area contributed by atoms with Gasteiger partial charge in [-0.1, -0.05) is 6.07 Å². The van der Waals surface area contributed by atoms with Crippen molar-refractivity contribution in [1.82, 2.24) is 14.8 Å². The molecular weight excluding hydrogens is 374 g/mol. The van der Waals surface area contributed by atoms with Gasteiger partial charge in [-0.05, 0) is 41.8 Å². The highest BCUT2D eigenvalue weighted by Gasteiger charge is 2.29. The molecule has 0 unspecified atom stereocenters. The number of nitrogens with one attached hydrogen (secondary N) is 2. The van der Waals surface area contributed by atoms with Crippen LogP contribution >= 0.6 is 0 Å². The molecule has 27 heavy (non-hydrogen) atoms. The molecule has 0 aliphatic carbocycles. The van der Waals surface area contributed by atoms with Gasteiger partial charge in [0.25, 0.3) is 5.91 Å². The van der Waals surface area contributed by atoms with E-state index < -0.39 is 21.7 Å². The van der Waals surface area contributed by atoms with Crippen LogP contribution < -0.4 is 11.2 Å². The van der Waals surface area contributed by atoms with Crippen LogP contribution in [0, 0.1) is 0 Å². The minimum Gasteiger partial charge on any atom is -0.408 e. The summed E-state index contributed by atoms with van der Waals surface area (Å²) in [6.45, 7) is 0.405. The number of H-pyrrole nitrogens is 1. The molecule has 0 radical (unpaired) electrons. The zero-order valence-electron chi connectivity index (χ0n) is 13.9. The Balaban J connectivity index is 1.65. The van der Waals surface area contributed by atoms with Crippen molar-refractivity contribution in [3.8, 4) is 0 Å². The molecule has 140 valence electrons. The Morgan fingerprint density at radius 1 is 1.19 bits per heavy atom. The van der Waals surface area contributed by atoms with E-state index in [0.717, 1.165) is 11.1 Å². The van der Waals surface area contributed by atoms with Crippen LogP contribution in [0.1, 0.15) is 21.5 Å². The first kappa shape index (κ1) is 17.5.